The van der Waals surface area contributed by atoms with Crippen LogP contribution in [0.4, 0.5) is 0 Å². The summed E-state index contributed by atoms with van der Waals surface area (Å²) in [5.74, 6) is 1.85. The lowest BCUT2D eigenvalue weighted by molar-refractivity contribution is 0.0720. The van der Waals surface area contributed by atoms with Crippen molar-refractivity contribution in [2.24, 2.45) is 5.73 Å². The second kappa shape index (κ2) is 4.11. The standard InChI is InChI=1S/C10H16N2O2/c1-7(11)9-5-12-10(14-9)8-3-2-4-13-6-8/h5,7-8H,2-4,6,11H2,1H3. The van der Waals surface area contributed by atoms with E-state index < -0.39 is 0 Å². The Morgan fingerprint density at radius 3 is 3.07 bits per heavy atom. The number of nitrogens with zero attached hydrogens (tertiary/aromatic N) is 1. The van der Waals surface area contributed by atoms with Crippen molar-refractivity contribution in [3.8, 4) is 0 Å². The minimum Gasteiger partial charge on any atom is -0.444 e. The van der Waals surface area contributed by atoms with Gasteiger partial charge in [-0.1, -0.05) is 0 Å². The molecule has 0 radical (unpaired) electrons. The van der Waals surface area contributed by atoms with Crippen molar-refractivity contribution in [1.29, 1.82) is 0 Å². The van der Waals surface area contributed by atoms with Crippen LogP contribution in [0.15, 0.2) is 10.6 Å². The summed E-state index contributed by atoms with van der Waals surface area (Å²) in [5.41, 5.74) is 5.69. The van der Waals surface area contributed by atoms with E-state index in [1.807, 2.05) is 6.92 Å². The van der Waals surface area contributed by atoms with E-state index in [0.29, 0.717) is 5.92 Å². The van der Waals surface area contributed by atoms with Crippen molar-refractivity contribution in [2.75, 3.05) is 13.2 Å². The van der Waals surface area contributed by atoms with Crippen LogP contribution in [0, 0.1) is 0 Å². The zero-order chi connectivity index (χ0) is 9.97. The smallest absolute Gasteiger partial charge is 0.199 e. The molecule has 2 N–H and O–H groups in total. The molecule has 2 heterocycles. The Kier molecular flexibility index (Phi) is 2.84. The normalized spacial score (nSPS) is 24.9. The third-order valence-electron chi connectivity index (χ3n) is 2.50. The molecule has 0 spiro atoms. The fraction of sp³-hybridized carbons (Fsp3) is 0.700. The quantitative estimate of drug-likeness (QED) is 0.780. The lowest BCUT2D eigenvalue weighted by atomic mass is 10.0. The second-order valence-corrected chi connectivity index (χ2v) is 3.80. The fourth-order valence-electron chi connectivity index (χ4n) is 1.64. The van der Waals surface area contributed by atoms with Gasteiger partial charge in [0.05, 0.1) is 24.8 Å². The summed E-state index contributed by atoms with van der Waals surface area (Å²) in [7, 11) is 0. The topological polar surface area (TPSA) is 61.3 Å². The van der Waals surface area contributed by atoms with Gasteiger partial charge in [0.1, 0.15) is 5.76 Å². The maximum absolute atomic E-state index is 5.69. The summed E-state index contributed by atoms with van der Waals surface area (Å²) >= 11 is 0. The van der Waals surface area contributed by atoms with Gasteiger partial charge in [-0.05, 0) is 19.8 Å². The van der Waals surface area contributed by atoms with E-state index in [0.717, 1.165) is 37.7 Å². The third-order valence-corrected chi connectivity index (χ3v) is 2.50. The SMILES string of the molecule is CC(N)c1cnc(C2CCCOC2)o1. The van der Waals surface area contributed by atoms with Crippen LogP contribution in [0.5, 0.6) is 0 Å². The summed E-state index contributed by atoms with van der Waals surface area (Å²) in [6, 6.07) is -0.0826. The predicted molar refractivity (Wildman–Crippen MR) is 51.9 cm³/mol. The van der Waals surface area contributed by atoms with E-state index in [1.165, 1.54) is 0 Å². The molecule has 14 heavy (non-hydrogen) atoms. The Morgan fingerprint density at radius 2 is 2.50 bits per heavy atom. The summed E-state index contributed by atoms with van der Waals surface area (Å²) in [5, 5.41) is 0. The van der Waals surface area contributed by atoms with Gasteiger partial charge in [0, 0.05) is 6.61 Å². The Bertz CT molecular complexity index is 290. The van der Waals surface area contributed by atoms with Crippen LogP contribution in [0.25, 0.3) is 0 Å². The molecule has 2 rings (SSSR count). The Morgan fingerprint density at radius 1 is 1.64 bits per heavy atom. The van der Waals surface area contributed by atoms with E-state index in [1.54, 1.807) is 6.20 Å². The molecule has 2 atom stereocenters. The highest BCUT2D eigenvalue weighted by atomic mass is 16.5. The highest BCUT2D eigenvalue weighted by Crippen LogP contribution is 2.25. The van der Waals surface area contributed by atoms with Gasteiger partial charge < -0.3 is 14.9 Å². The summed E-state index contributed by atoms with van der Waals surface area (Å²) in [4.78, 5) is 4.23. The molecule has 1 aliphatic heterocycles. The van der Waals surface area contributed by atoms with Crippen molar-refractivity contribution in [3.05, 3.63) is 17.8 Å². The van der Waals surface area contributed by atoms with Crippen LogP contribution in [-0.2, 0) is 4.74 Å². The fourth-order valence-corrected chi connectivity index (χ4v) is 1.64. The zero-order valence-corrected chi connectivity index (χ0v) is 8.40. The molecule has 78 valence electrons. The molecule has 4 heteroatoms. The number of nitrogens with two attached hydrogens (primary N) is 1. The van der Waals surface area contributed by atoms with Crippen LogP contribution >= 0.6 is 0 Å². The molecule has 0 aliphatic carbocycles. The van der Waals surface area contributed by atoms with Gasteiger partial charge in [0.15, 0.2) is 5.89 Å². The number of aromatic nitrogens is 1. The van der Waals surface area contributed by atoms with Gasteiger partial charge in [-0.25, -0.2) is 4.98 Å². The molecule has 1 aromatic heterocycles. The van der Waals surface area contributed by atoms with E-state index >= 15 is 0 Å². The third kappa shape index (κ3) is 1.96. The molecular weight excluding hydrogens is 180 g/mol. The van der Waals surface area contributed by atoms with Gasteiger partial charge in [-0.2, -0.15) is 0 Å². The molecule has 0 amide bonds. The molecule has 0 saturated carbocycles. The molecule has 0 aromatic carbocycles. The first-order valence-electron chi connectivity index (χ1n) is 5.06. The van der Waals surface area contributed by atoms with Crippen molar-refractivity contribution < 1.29 is 9.15 Å². The molecule has 1 fully saturated rings. The Balaban J connectivity index is 2.07. The van der Waals surface area contributed by atoms with Gasteiger partial charge in [-0.3, -0.25) is 0 Å². The number of ether oxygens (including phenoxy) is 1. The molecule has 2 unspecified atom stereocenters. The summed E-state index contributed by atoms with van der Waals surface area (Å²) in [6.45, 7) is 3.47. The van der Waals surface area contributed by atoms with Crippen molar-refractivity contribution in [3.63, 3.8) is 0 Å². The van der Waals surface area contributed by atoms with Gasteiger partial charge >= 0.3 is 0 Å². The molecule has 4 nitrogen and oxygen atoms in total. The average Bonchev–Trinajstić information content (AvgIpc) is 2.68. The maximum Gasteiger partial charge on any atom is 0.199 e. The first kappa shape index (κ1) is 9.68. The second-order valence-electron chi connectivity index (χ2n) is 3.80. The highest BCUT2D eigenvalue weighted by Gasteiger charge is 2.21. The molecule has 1 aromatic rings. The summed E-state index contributed by atoms with van der Waals surface area (Å²) in [6.07, 6.45) is 3.90. The average molecular weight is 196 g/mol. The number of hydrogen-bond acceptors (Lipinski definition) is 4. The molecule has 0 bridgehead atoms. The monoisotopic (exact) mass is 196 g/mol. The van der Waals surface area contributed by atoms with Crippen LogP contribution in [0.3, 0.4) is 0 Å². The van der Waals surface area contributed by atoms with E-state index in [-0.39, 0.29) is 6.04 Å². The maximum atomic E-state index is 5.69. The highest BCUT2D eigenvalue weighted by molar-refractivity contribution is 5.02. The largest absolute Gasteiger partial charge is 0.444 e. The molecule has 1 aliphatic rings. The number of rotatable bonds is 2. The van der Waals surface area contributed by atoms with Gasteiger partial charge in [-0.15, -0.1) is 0 Å². The van der Waals surface area contributed by atoms with Crippen LogP contribution in [-0.4, -0.2) is 18.2 Å². The Hall–Kier alpha value is -0.870. The van der Waals surface area contributed by atoms with E-state index in [9.17, 15) is 0 Å². The van der Waals surface area contributed by atoms with Gasteiger partial charge in [0.2, 0.25) is 0 Å². The minimum absolute atomic E-state index is 0.0826. The van der Waals surface area contributed by atoms with Crippen molar-refractivity contribution in [2.45, 2.75) is 31.7 Å². The summed E-state index contributed by atoms with van der Waals surface area (Å²) < 4.78 is 10.9. The van der Waals surface area contributed by atoms with Crippen molar-refractivity contribution in [1.82, 2.24) is 4.98 Å². The minimum atomic E-state index is -0.0826. The van der Waals surface area contributed by atoms with Crippen LogP contribution in [0.2, 0.25) is 0 Å². The molecule has 1 saturated heterocycles. The molecular formula is C10H16N2O2. The predicted octanol–water partition coefficient (Wildman–Crippen LogP) is 1.59. The van der Waals surface area contributed by atoms with E-state index in [4.69, 9.17) is 14.9 Å². The lowest BCUT2D eigenvalue weighted by Gasteiger charge is -2.18. The van der Waals surface area contributed by atoms with Gasteiger partial charge in [0.25, 0.3) is 0 Å². The zero-order valence-electron chi connectivity index (χ0n) is 8.40. The lowest BCUT2D eigenvalue weighted by Crippen LogP contribution is -2.15. The number of oxazole rings is 1. The van der Waals surface area contributed by atoms with Crippen molar-refractivity contribution >= 4 is 0 Å². The first-order valence-corrected chi connectivity index (χ1v) is 5.06. The number of hydrogen-bond donors (Lipinski definition) is 1. The Labute approximate surface area is 83.4 Å². The van der Waals surface area contributed by atoms with Crippen LogP contribution < -0.4 is 5.73 Å². The first-order chi connectivity index (χ1) is 6.77. The van der Waals surface area contributed by atoms with Crippen LogP contribution in [0.1, 0.15) is 43.4 Å². The van der Waals surface area contributed by atoms with E-state index in [2.05, 4.69) is 4.98 Å².